The number of hydrogen-bond donors (Lipinski definition) is 1. The highest BCUT2D eigenvalue weighted by Gasteiger charge is 2.46. The number of carbonyl (C=O) groups is 2. The predicted molar refractivity (Wildman–Crippen MR) is 172 cm³/mol. The monoisotopic (exact) mass is 675 g/mol. The molecule has 0 saturated carbocycles. The number of thioether (sulfide) groups is 1. The number of hydrogen-bond acceptors (Lipinski definition) is 10. The maximum atomic E-state index is 13.7. The number of anilines is 1. The van der Waals surface area contributed by atoms with E-state index in [4.69, 9.17) is 32.7 Å². The van der Waals surface area contributed by atoms with Gasteiger partial charge in [-0.2, -0.15) is 0 Å². The van der Waals surface area contributed by atoms with Crippen molar-refractivity contribution in [3.8, 4) is 11.5 Å². The third-order valence-electron chi connectivity index (χ3n) is 6.62. The predicted octanol–water partition coefficient (Wildman–Crippen LogP) is 8.42. The van der Waals surface area contributed by atoms with Crippen molar-refractivity contribution in [2.75, 3.05) is 18.6 Å². The molecule has 43 heavy (non-hydrogen) atoms. The molecule has 3 heterocycles. The second kappa shape index (κ2) is 13.7. The lowest BCUT2D eigenvalue weighted by Gasteiger charge is -2.24. The summed E-state index contributed by atoms with van der Waals surface area (Å²) < 4.78 is 12.2. The Balaban J connectivity index is 1.49. The van der Waals surface area contributed by atoms with Crippen molar-refractivity contribution >= 4 is 74.5 Å². The molecule has 224 valence electrons. The number of amides is 1. The van der Waals surface area contributed by atoms with Crippen LogP contribution < -0.4 is 14.4 Å². The van der Waals surface area contributed by atoms with Gasteiger partial charge in [-0.25, -0.2) is 0 Å². The average molecular weight is 677 g/mol. The van der Waals surface area contributed by atoms with E-state index in [1.54, 1.807) is 47.8 Å². The molecule has 2 aromatic carbocycles. The zero-order valence-corrected chi connectivity index (χ0v) is 27.3. The number of aliphatic hydroxyl groups is 1. The number of carbonyl (C=O) groups excluding carboxylic acids is 2. The zero-order chi connectivity index (χ0) is 30.7. The van der Waals surface area contributed by atoms with Gasteiger partial charge in [0.15, 0.2) is 21.6 Å². The number of thiophene rings is 1. The van der Waals surface area contributed by atoms with E-state index in [0.29, 0.717) is 54.6 Å². The standard InChI is InChI=1S/C30H27Cl2N3O5S3/c1-16(2)10-11-40-21-9-7-17(13-22(21)39-3)25-24(26(36)23-5-4-12-41-23)27(37)28(38)35(25)29-33-34-30(43-29)42-15-18-6-8-19(31)14-20(18)32/h4-9,12-14,16,25,37H,10-11,15H2,1-3H3. The summed E-state index contributed by atoms with van der Waals surface area (Å²) in [5, 5.41) is 22.7. The van der Waals surface area contributed by atoms with E-state index in [1.165, 1.54) is 46.4 Å². The first-order valence-corrected chi connectivity index (χ1v) is 16.7. The SMILES string of the molecule is COc1cc(C2C(C(=O)c3cccs3)=C(O)C(=O)N2c2nnc(SCc3ccc(Cl)cc3Cl)s2)ccc1OCCC(C)C. The number of halogens is 2. The van der Waals surface area contributed by atoms with Gasteiger partial charge < -0.3 is 14.6 Å². The smallest absolute Gasteiger partial charge is 0.296 e. The van der Waals surface area contributed by atoms with Crippen molar-refractivity contribution in [1.29, 1.82) is 0 Å². The summed E-state index contributed by atoms with van der Waals surface area (Å²) in [7, 11) is 1.53. The summed E-state index contributed by atoms with van der Waals surface area (Å²) >= 11 is 16.1. The number of aromatic nitrogens is 2. The van der Waals surface area contributed by atoms with E-state index in [-0.39, 0.29) is 10.7 Å². The number of Topliss-reactive ketones (excluding diaryl/α,β-unsaturated/α-hetero) is 1. The topological polar surface area (TPSA) is 102 Å². The fourth-order valence-corrected chi connectivity index (χ4v) is 7.51. The molecule has 5 rings (SSSR count). The highest BCUT2D eigenvalue weighted by atomic mass is 35.5. The van der Waals surface area contributed by atoms with E-state index in [1.807, 2.05) is 6.07 Å². The number of nitrogens with zero attached hydrogens (tertiary/aromatic N) is 3. The minimum Gasteiger partial charge on any atom is -0.503 e. The molecule has 0 fully saturated rings. The van der Waals surface area contributed by atoms with Crippen LogP contribution in [0.2, 0.25) is 10.0 Å². The zero-order valence-electron chi connectivity index (χ0n) is 23.4. The van der Waals surface area contributed by atoms with E-state index < -0.39 is 23.5 Å². The highest BCUT2D eigenvalue weighted by Crippen LogP contribution is 2.46. The van der Waals surface area contributed by atoms with Crippen molar-refractivity contribution in [1.82, 2.24) is 10.2 Å². The van der Waals surface area contributed by atoms with Gasteiger partial charge in [-0.15, -0.1) is 21.5 Å². The first kappa shape index (κ1) is 31.3. The summed E-state index contributed by atoms with van der Waals surface area (Å²) in [6, 6.07) is 12.9. The van der Waals surface area contributed by atoms with Crippen LogP contribution in [0.5, 0.6) is 11.5 Å². The Morgan fingerprint density at radius 1 is 1.14 bits per heavy atom. The van der Waals surface area contributed by atoms with Gasteiger partial charge in [0.05, 0.1) is 30.2 Å². The van der Waals surface area contributed by atoms with Crippen molar-refractivity contribution < 1.29 is 24.2 Å². The van der Waals surface area contributed by atoms with Gasteiger partial charge in [-0.1, -0.05) is 78.3 Å². The Labute approximate surface area is 271 Å². The van der Waals surface area contributed by atoms with Crippen LogP contribution >= 0.6 is 57.6 Å². The van der Waals surface area contributed by atoms with Crippen molar-refractivity contribution in [2.24, 2.45) is 5.92 Å². The van der Waals surface area contributed by atoms with Gasteiger partial charge in [0.1, 0.15) is 0 Å². The summed E-state index contributed by atoms with van der Waals surface area (Å²) in [6.45, 7) is 4.74. The first-order valence-electron chi connectivity index (χ1n) is 13.2. The molecule has 0 spiro atoms. The van der Waals surface area contributed by atoms with E-state index >= 15 is 0 Å². The summed E-state index contributed by atoms with van der Waals surface area (Å²) in [4.78, 5) is 29.0. The van der Waals surface area contributed by atoms with Crippen molar-refractivity contribution in [2.45, 2.75) is 36.4 Å². The quantitative estimate of drug-likeness (QED) is 0.0907. The van der Waals surface area contributed by atoms with E-state index in [0.717, 1.165) is 12.0 Å². The molecule has 13 heteroatoms. The second-order valence-electron chi connectivity index (χ2n) is 9.96. The van der Waals surface area contributed by atoms with Gasteiger partial charge >= 0.3 is 0 Å². The molecule has 0 aliphatic carbocycles. The Morgan fingerprint density at radius 2 is 1.95 bits per heavy atom. The molecular weight excluding hydrogens is 649 g/mol. The van der Waals surface area contributed by atoms with Crippen molar-refractivity contribution in [3.05, 3.63) is 91.3 Å². The van der Waals surface area contributed by atoms with Gasteiger partial charge in [0.25, 0.3) is 5.91 Å². The maximum absolute atomic E-state index is 13.7. The van der Waals surface area contributed by atoms with Crippen LogP contribution in [0.15, 0.2) is 69.6 Å². The van der Waals surface area contributed by atoms with Crippen LogP contribution in [-0.4, -0.2) is 40.7 Å². The molecule has 2 aromatic heterocycles. The Morgan fingerprint density at radius 3 is 2.65 bits per heavy atom. The Hall–Kier alpha value is -3.09. The lowest BCUT2D eigenvalue weighted by atomic mass is 9.95. The molecule has 0 bridgehead atoms. The third kappa shape index (κ3) is 6.86. The van der Waals surface area contributed by atoms with Crippen LogP contribution in [0.4, 0.5) is 5.13 Å². The molecule has 1 N–H and O–H groups in total. The van der Waals surface area contributed by atoms with Gasteiger partial charge in [0, 0.05) is 15.8 Å². The lowest BCUT2D eigenvalue weighted by Crippen LogP contribution is -2.31. The minimum absolute atomic E-state index is 0.0414. The Bertz CT molecular complexity index is 1670. The van der Waals surface area contributed by atoms with E-state index in [2.05, 4.69) is 24.0 Å². The van der Waals surface area contributed by atoms with Crippen LogP contribution in [0, 0.1) is 5.92 Å². The first-order chi connectivity index (χ1) is 20.7. The summed E-state index contributed by atoms with van der Waals surface area (Å²) in [5.74, 6) is 0.144. The molecule has 1 amide bonds. The van der Waals surface area contributed by atoms with Gasteiger partial charge in [-0.3, -0.25) is 14.5 Å². The van der Waals surface area contributed by atoms with Crippen LogP contribution in [0.1, 0.15) is 47.1 Å². The molecule has 4 aromatic rings. The van der Waals surface area contributed by atoms with Crippen LogP contribution in [0.25, 0.3) is 0 Å². The third-order valence-corrected chi connectivity index (χ3v) is 10.2. The highest BCUT2D eigenvalue weighted by molar-refractivity contribution is 8.00. The number of aliphatic hydroxyl groups excluding tert-OH is 1. The van der Waals surface area contributed by atoms with Gasteiger partial charge in [-0.05, 0) is 59.2 Å². The number of ether oxygens (including phenoxy) is 2. The van der Waals surface area contributed by atoms with Gasteiger partial charge in [0.2, 0.25) is 10.9 Å². The molecular formula is C30H27Cl2N3O5S3. The molecule has 1 unspecified atom stereocenters. The minimum atomic E-state index is -0.975. The number of benzene rings is 2. The largest absolute Gasteiger partial charge is 0.503 e. The number of methoxy groups -OCH3 is 1. The second-order valence-corrected chi connectivity index (χ2v) is 13.9. The molecule has 1 aliphatic heterocycles. The molecule has 8 nitrogen and oxygen atoms in total. The molecule has 0 saturated heterocycles. The normalized spacial score (nSPS) is 15.1. The van der Waals surface area contributed by atoms with Crippen LogP contribution in [-0.2, 0) is 10.5 Å². The lowest BCUT2D eigenvalue weighted by molar-refractivity contribution is -0.117. The average Bonchev–Trinajstić information content (AvgIpc) is 3.73. The van der Waals surface area contributed by atoms with Crippen LogP contribution in [0.3, 0.4) is 0 Å². The molecule has 0 radical (unpaired) electrons. The van der Waals surface area contributed by atoms with E-state index in [9.17, 15) is 14.7 Å². The summed E-state index contributed by atoms with van der Waals surface area (Å²) in [5.41, 5.74) is 1.37. The molecule has 1 atom stereocenters. The summed E-state index contributed by atoms with van der Waals surface area (Å²) in [6.07, 6.45) is 0.869. The fourth-order valence-electron chi connectivity index (χ4n) is 4.40. The molecule has 1 aliphatic rings. The fraction of sp³-hybridized carbons (Fsp3) is 0.267. The number of rotatable bonds is 12. The van der Waals surface area contributed by atoms with Crippen molar-refractivity contribution in [3.63, 3.8) is 0 Å². The maximum Gasteiger partial charge on any atom is 0.296 e. The Kier molecular flexibility index (Phi) is 9.98. The number of ketones is 1.